The fourth-order valence-corrected chi connectivity index (χ4v) is 5.55. The van der Waals surface area contributed by atoms with Crippen LogP contribution in [0.3, 0.4) is 0 Å². The molecule has 5 rings (SSSR count). The van der Waals surface area contributed by atoms with Crippen molar-refractivity contribution < 1.29 is 4.21 Å². The van der Waals surface area contributed by atoms with Crippen molar-refractivity contribution in [3.8, 4) is 0 Å². The van der Waals surface area contributed by atoms with E-state index >= 15 is 0 Å². The van der Waals surface area contributed by atoms with Crippen molar-refractivity contribution in [2.45, 2.75) is 25.3 Å². The van der Waals surface area contributed by atoms with E-state index in [2.05, 4.69) is 37.4 Å². The summed E-state index contributed by atoms with van der Waals surface area (Å²) in [5, 5.41) is 9.74. The Labute approximate surface area is 209 Å². The van der Waals surface area contributed by atoms with E-state index in [1.165, 1.54) is 0 Å². The summed E-state index contributed by atoms with van der Waals surface area (Å²) in [5.41, 5.74) is 3.89. The summed E-state index contributed by atoms with van der Waals surface area (Å²) in [5.74, 6) is 1.06. The number of anilines is 1. The highest BCUT2D eigenvalue weighted by molar-refractivity contribution is 9.10. The highest BCUT2D eigenvalue weighted by Crippen LogP contribution is 2.30. The lowest BCUT2D eigenvalue weighted by Gasteiger charge is -2.30. The molecule has 1 N–H and O–H groups in total. The SMILES string of the molecule is O=S(/C=C/c1ccccc1)N1CCCC(c2cc(NCc3cccnc3)n3ncc(Br)c3n2)C1. The third-order valence-electron chi connectivity index (χ3n) is 5.88. The Morgan fingerprint density at radius 3 is 2.88 bits per heavy atom. The number of piperidine rings is 1. The van der Waals surface area contributed by atoms with E-state index in [4.69, 9.17) is 4.98 Å². The van der Waals surface area contributed by atoms with Gasteiger partial charge in [-0.15, -0.1) is 0 Å². The van der Waals surface area contributed by atoms with Gasteiger partial charge >= 0.3 is 0 Å². The Balaban J connectivity index is 1.36. The largest absolute Gasteiger partial charge is 0.366 e. The van der Waals surface area contributed by atoms with Crippen molar-refractivity contribution in [2.24, 2.45) is 0 Å². The second-order valence-corrected chi connectivity index (χ2v) is 10.4. The van der Waals surface area contributed by atoms with Gasteiger partial charge in [0.1, 0.15) is 16.8 Å². The van der Waals surface area contributed by atoms with E-state index in [0.29, 0.717) is 13.1 Å². The summed E-state index contributed by atoms with van der Waals surface area (Å²) in [6.07, 6.45) is 9.29. The summed E-state index contributed by atoms with van der Waals surface area (Å²) in [4.78, 5) is 9.11. The molecule has 0 aliphatic carbocycles. The number of benzene rings is 1. The van der Waals surface area contributed by atoms with E-state index in [1.807, 2.05) is 63.6 Å². The maximum atomic E-state index is 13.0. The molecule has 0 radical (unpaired) electrons. The Morgan fingerprint density at radius 1 is 1.18 bits per heavy atom. The number of fused-ring (bicyclic) bond motifs is 1. The van der Waals surface area contributed by atoms with Crippen LogP contribution < -0.4 is 5.32 Å². The second-order valence-electron chi connectivity index (χ2n) is 8.23. The monoisotopic (exact) mass is 536 g/mol. The third-order valence-corrected chi connectivity index (χ3v) is 7.65. The first kappa shape index (κ1) is 22.9. The lowest BCUT2D eigenvalue weighted by Crippen LogP contribution is -2.35. The van der Waals surface area contributed by atoms with E-state index < -0.39 is 11.0 Å². The molecule has 34 heavy (non-hydrogen) atoms. The predicted octanol–water partition coefficient (Wildman–Crippen LogP) is 5.01. The van der Waals surface area contributed by atoms with Gasteiger partial charge in [-0.25, -0.2) is 13.5 Å². The molecule has 1 aliphatic heterocycles. The topological polar surface area (TPSA) is 75.4 Å². The standard InChI is InChI=1S/C25H25BrN6OS/c26-22-17-29-32-24(28-16-20-8-4-11-27-15-20)14-23(30-25(22)32)21-9-5-12-31(18-21)34(33)13-10-19-6-2-1-3-7-19/h1-4,6-8,10-11,13-15,17,21,28H,5,9,12,16,18H2/b13-10+. The van der Waals surface area contributed by atoms with Crippen molar-refractivity contribution in [1.82, 2.24) is 23.9 Å². The lowest BCUT2D eigenvalue weighted by atomic mass is 9.96. The molecule has 0 amide bonds. The fourth-order valence-electron chi connectivity index (χ4n) is 4.12. The summed E-state index contributed by atoms with van der Waals surface area (Å²) < 4.78 is 17.7. The zero-order valence-electron chi connectivity index (χ0n) is 18.5. The third kappa shape index (κ3) is 5.27. The van der Waals surface area contributed by atoms with Gasteiger partial charge < -0.3 is 5.32 Å². The van der Waals surface area contributed by atoms with Crippen molar-refractivity contribution in [2.75, 3.05) is 18.4 Å². The van der Waals surface area contributed by atoms with Crippen LogP contribution in [-0.2, 0) is 17.5 Å². The number of nitrogens with one attached hydrogen (secondary N) is 1. The second kappa shape index (κ2) is 10.6. The van der Waals surface area contributed by atoms with Crippen LogP contribution in [0.1, 0.15) is 35.6 Å². The van der Waals surface area contributed by atoms with E-state index in [0.717, 1.165) is 52.1 Å². The smallest absolute Gasteiger partial charge is 0.171 e. The van der Waals surface area contributed by atoms with Gasteiger partial charge in [0.05, 0.1) is 16.4 Å². The van der Waals surface area contributed by atoms with Gasteiger partial charge in [-0.1, -0.05) is 36.4 Å². The summed E-state index contributed by atoms with van der Waals surface area (Å²) in [7, 11) is -1.18. The van der Waals surface area contributed by atoms with Gasteiger partial charge in [-0.2, -0.15) is 9.61 Å². The number of hydrogen-bond acceptors (Lipinski definition) is 5. The van der Waals surface area contributed by atoms with Gasteiger partial charge in [0, 0.05) is 49.4 Å². The van der Waals surface area contributed by atoms with Crippen LogP contribution in [0.25, 0.3) is 11.7 Å². The van der Waals surface area contributed by atoms with E-state index in [1.54, 1.807) is 17.8 Å². The summed E-state index contributed by atoms with van der Waals surface area (Å²) in [6.45, 7) is 2.14. The van der Waals surface area contributed by atoms with Crippen LogP contribution in [0, 0.1) is 0 Å². The van der Waals surface area contributed by atoms with Gasteiger partial charge in [0.2, 0.25) is 0 Å². The lowest BCUT2D eigenvalue weighted by molar-refractivity contribution is 0.329. The summed E-state index contributed by atoms with van der Waals surface area (Å²) >= 11 is 3.58. The van der Waals surface area contributed by atoms with Crippen molar-refractivity contribution >= 4 is 44.5 Å². The van der Waals surface area contributed by atoms with Gasteiger partial charge in [0.25, 0.3) is 0 Å². The molecule has 1 aromatic carbocycles. The average Bonchev–Trinajstić information content (AvgIpc) is 3.28. The number of hydrogen-bond donors (Lipinski definition) is 1. The Morgan fingerprint density at radius 2 is 2.06 bits per heavy atom. The quantitative estimate of drug-likeness (QED) is 0.359. The van der Waals surface area contributed by atoms with Crippen LogP contribution in [-0.4, -0.2) is 41.2 Å². The molecule has 4 heterocycles. The fraction of sp³-hybridized carbons (Fsp3) is 0.240. The molecule has 1 fully saturated rings. The van der Waals surface area contributed by atoms with Gasteiger partial charge in [-0.3, -0.25) is 4.98 Å². The molecule has 7 nitrogen and oxygen atoms in total. The van der Waals surface area contributed by atoms with Crippen LogP contribution in [0.15, 0.2) is 77.0 Å². The molecule has 0 bridgehead atoms. The summed E-state index contributed by atoms with van der Waals surface area (Å²) in [6, 6.07) is 16.0. The number of pyridine rings is 1. The molecule has 1 saturated heterocycles. The molecule has 174 valence electrons. The first-order valence-electron chi connectivity index (χ1n) is 11.2. The first-order valence-corrected chi connectivity index (χ1v) is 13.2. The van der Waals surface area contributed by atoms with Crippen molar-refractivity contribution in [3.63, 3.8) is 0 Å². The zero-order chi connectivity index (χ0) is 23.3. The van der Waals surface area contributed by atoms with E-state index in [-0.39, 0.29) is 5.92 Å². The molecule has 2 unspecified atom stereocenters. The maximum Gasteiger partial charge on any atom is 0.171 e. The number of halogens is 1. The van der Waals surface area contributed by atoms with Gasteiger partial charge in [-0.05, 0) is 52.0 Å². The predicted molar refractivity (Wildman–Crippen MR) is 139 cm³/mol. The van der Waals surface area contributed by atoms with Crippen LogP contribution in [0.4, 0.5) is 5.82 Å². The van der Waals surface area contributed by atoms with Crippen LogP contribution in [0.5, 0.6) is 0 Å². The molecule has 3 aromatic heterocycles. The molecule has 0 saturated carbocycles. The van der Waals surface area contributed by atoms with Crippen molar-refractivity contribution in [3.05, 3.63) is 93.8 Å². The Kier molecular flexibility index (Phi) is 7.13. The van der Waals surface area contributed by atoms with Gasteiger partial charge in [0.15, 0.2) is 5.65 Å². The molecule has 4 aromatic rings. The minimum absolute atomic E-state index is 0.188. The number of rotatable bonds is 7. The molecule has 9 heteroatoms. The highest BCUT2D eigenvalue weighted by atomic mass is 79.9. The molecule has 0 spiro atoms. The maximum absolute atomic E-state index is 13.0. The van der Waals surface area contributed by atoms with Crippen molar-refractivity contribution in [1.29, 1.82) is 0 Å². The molecular formula is C25H25BrN6OS. The molecule has 1 aliphatic rings. The highest BCUT2D eigenvalue weighted by Gasteiger charge is 2.26. The van der Waals surface area contributed by atoms with E-state index in [9.17, 15) is 4.21 Å². The Hall–Kier alpha value is -2.88. The van der Waals surface area contributed by atoms with Crippen LogP contribution >= 0.6 is 15.9 Å². The molecular weight excluding hydrogens is 512 g/mol. The zero-order valence-corrected chi connectivity index (χ0v) is 21.0. The minimum atomic E-state index is -1.18. The normalized spacial score (nSPS) is 17.9. The minimum Gasteiger partial charge on any atom is -0.366 e. The number of aromatic nitrogens is 4. The number of nitrogens with zero attached hydrogens (tertiary/aromatic N) is 5. The van der Waals surface area contributed by atoms with Crippen LogP contribution in [0.2, 0.25) is 0 Å². The first-order chi connectivity index (χ1) is 16.7. The average molecular weight is 537 g/mol. The molecule has 2 atom stereocenters. The Bertz CT molecular complexity index is 1310.